The van der Waals surface area contributed by atoms with Crippen LogP contribution in [0.15, 0.2) is 80.6 Å². The van der Waals surface area contributed by atoms with E-state index in [0.29, 0.717) is 15.0 Å². The maximum Gasteiger partial charge on any atom is 0.356 e. The molecule has 4 heterocycles. The molecule has 5 N–H and O–H groups in total. The molecule has 17 heteroatoms. The number of nitrogens with two attached hydrogens (primary N) is 2. The number of rotatable bonds is 9. The van der Waals surface area contributed by atoms with Crippen molar-refractivity contribution in [2.24, 2.45) is 4.99 Å². The number of thiazole rings is 1. The van der Waals surface area contributed by atoms with Gasteiger partial charge in [0.15, 0.2) is 21.3 Å². The SMILES string of the molecule is CN=C(C(=O)N[C@@H]1C(=O)N2C(C(=O)OC(c3ccccc3)c3ccccc3)=C(Sc3nnc(N)s3)CSC12)c1nc(N)sc1Cl. The standard InChI is InChI=1S/C28H23ClN8O4S4/c1-32-17(16-21(29)44-26(30)34-16)22(38)33-18-23(39)37-19(15(12-42-24(18)37)43-28-36-35-27(31)45-28)25(40)41-20(13-8-4-2-5-9-13)14-10-6-3-7-11-14/h2-11,18,20,24H,12H2,1H3,(H2,30,34)(H2,31,35)(H,33,38)/t18-,24?/m1/s1. The fourth-order valence-corrected chi connectivity index (χ4v) is 8.96. The summed E-state index contributed by atoms with van der Waals surface area (Å²) < 4.78 is 6.88. The molecule has 4 aromatic rings. The summed E-state index contributed by atoms with van der Waals surface area (Å²) in [6, 6.07) is 17.7. The van der Waals surface area contributed by atoms with Crippen LogP contribution in [0.4, 0.5) is 10.3 Å². The Hall–Kier alpha value is -3.96. The van der Waals surface area contributed by atoms with Crippen molar-refractivity contribution in [1.29, 1.82) is 0 Å². The Bertz CT molecular complexity index is 1790. The zero-order valence-corrected chi connectivity index (χ0v) is 27.3. The number of nitrogens with one attached hydrogen (secondary N) is 1. The molecule has 0 aliphatic carbocycles. The van der Waals surface area contributed by atoms with Crippen molar-refractivity contribution in [2.45, 2.75) is 21.9 Å². The molecule has 2 aliphatic heterocycles. The smallest absolute Gasteiger partial charge is 0.356 e. The molecule has 45 heavy (non-hydrogen) atoms. The van der Waals surface area contributed by atoms with Crippen LogP contribution in [0.5, 0.6) is 0 Å². The number of thioether (sulfide) groups is 2. The molecular weight excluding hydrogens is 676 g/mol. The number of benzene rings is 2. The molecule has 0 spiro atoms. The lowest BCUT2D eigenvalue weighted by Crippen LogP contribution is -2.71. The van der Waals surface area contributed by atoms with Crippen LogP contribution in [0.1, 0.15) is 22.9 Å². The topological polar surface area (TPSA) is 179 Å². The molecule has 2 aromatic carbocycles. The number of hydrogen-bond acceptors (Lipinski definition) is 14. The van der Waals surface area contributed by atoms with E-state index in [-0.39, 0.29) is 31.7 Å². The van der Waals surface area contributed by atoms with Crippen LogP contribution in [-0.4, -0.2) is 67.8 Å². The summed E-state index contributed by atoms with van der Waals surface area (Å²) in [5.74, 6) is -1.50. The zero-order chi connectivity index (χ0) is 31.7. The Balaban J connectivity index is 1.30. The first-order chi connectivity index (χ1) is 21.7. The summed E-state index contributed by atoms with van der Waals surface area (Å²) in [5.41, 5.74) is 13.2. The second-order valence-corrected chi connectivity index (χ2v) is 14.6. The van der Waals surface area contributed by atoms with Gasteiger partial charge in [-0.15, -0.1) is 22.0 Å². The van der Waals surface area contributed by atoms with E-state index in [1.807, 2.05) is 60.7 Å². The Labute approximate surface area is 278 Å². The van der Waals surface area contributed by atoms with Crippen molar-refractivity contribution in [3.05, 3.63) is 92.4 Å². The number of hydrogen-bond donors (Lipinski definition) is 3. The number of nitrogens with zero attached hydrogens (tertiary/aromatic N) is 5. The number of aromatic nitrogens is 3. The minimum atomic E-state index is -0.945. The maximum absolute atomic E-state index is 14.1. The number of halogens is 1. The van der Waals surface area contributed by atoms with E-state index in [1.54, 1.807) is 0 Å². The molecule has 1 fully saturated rings. The number of amides is 2. The highest BCUT2D eigenvalue weighted by molar-refractivity contribution is 8.07. The average Bonchev–Trinajstić information content (AvgIpc) is 3.61. The van der Waals surface area contributed by atoms with Crippen molar-refractivity contribution in [3.8, 4) is 0 Å². The fourth-order valence-electron chi connectivity index (χ4n) is 4.76. The number of carbonyl (C=O) groups excluding carboxylic acids is 3. The first-order valence-electron chi connectivity index (χ1n) is 13.2. The van der Waals surface area contributed by atoms with E-state index < -0.39 is 35.3 Å². The number of carbonyl (C=O) groups is 3. The third-order valence-corrected chi connectivity index (χ3v) is 11.2. The van der Waals surface area contributed by atoms with Gasteiger partial charge >= 0.3 is 5.97 Å². The van der Waals surface area contributed by atoms with Crippen molar-refractivity contribution >= 4 is 91.6 Å². The Morgan fingerprint density at radius 2 is 1.73 bits per heavy atom. The van der Waals surface area contributed by atoms with Gasteiger partial charge in [-0.1, -0.05) is 107 Å². The molecular formula is C28H23ClN8O4S4. The molecule has 230 valence electrons. The molecule has 2 aliphatic rings. The van der Waals surface area contributed by atoms with Crippen LogP contribution in [0, 0.1) is 0 Å². The molecule has 0 bridgehead atoms. The summed E-state index contributed by atoms with van der Waals surface area (Å²) >= 11 is 11.0. The Morgan fingerprint density at radius 1 is 1.07 bits per heavy atom. The molecule has 2 atom stereocenters. The summed E-state index contributed by atoms with van der Waals surface area (Å²) in [4.78, 5) is 51.1. The van der Waals surface area contributed by atoms with E-state index in [2.05, 4.69) is 25.5 Å². The van der Waals surface area contributed by atoms with E-state index in [4.69, 9.17) is 27.8 Å². The number of anilines is 2. The van der Waals surface area contributed by atoms with Gasteiger partial charge in [-0.2, -0.15) is 0 Å². The zero-order valence-electron chi connectivity index (χ0n) is 23.2. The molecule has 0 saturated carbocycles. The van der Waals surface area contributed by atoms with E-state index in [0.717, 1.165) is 33.8 Å². The summed E-state index contributed by atoms with van der Waals surface area (Å²) in [7, 11) is 1.42. The number of ether oxygens (including phenoxy) is 1. The van der Waals surface area contributed by atoms with E-state index in [9.17, 15) is 14.4 Å². The normalized spacial score (nSPS) is 18.1. The van der Waals surface area contributed by atoms with Crippen LogP contribution < -0.4 is 16.8 Å². The monoisotopic (exact) mass is 698 g/mol. The van der Waals surface area contributed by atoms with Crippen molar-refractivity contribution in [3.63, 3.8) is 0 Å². The second-order valence-electron chi connectivity index (χ2n) is 9.49. The second kappa shape index (κ2) is 13.2. The number of fused-ring (bicyclic) bond motifs is 1. The van der Waals surface area contributed by atoms with Gasteiger partial charge in [0.25, 0.3) is 11.8 Å². The van der Waals surface area contributed by atoms with Gasteiger partial charge in [-0.25, -0.2) is 9.78 Å². The van der Waals surface area contributed by atoms with Crippen molar-refractivity contribution in [2.75, 3.05) is 24.3 Å². The first kappa shape index (κ1) is 31.0. The van der Waals surface area contributed by atoms with Crippen LogP contribution in [0.2, 0.25) is 4.34 Å². The third kappa shape index (κ3) is 6.28. The predicted octanol–water partition coefficient (Wildman–Crippen LogP) is 3.97. The molecule has 2 aromatic heterocycles. The van der Waals surface area contributed by atoms with Gasteiger partial charge in [-0.05, 0) is 11.1 Å². The lowest BCUT2D eigenvalue weighted by atomic mass is 10.0. The van der Waals surface area contributed by atoms with Crippen molar-refractivity contribution in [1.82, 2.24) is 25.4 Å². The summed E-state index contributed by atoms with van der Waals surface area (Å²) in [6.45, 7) is 0. The third-order valence-electron chi connectivity index (χ3n) is 6.74. The number of β-lactam (4-membered cyclic amide) rings is 1. The van der Waals surface area contributed by atoms with Crippen molar-refractivity contribution < 1.29 is 19.1 Å². The van der Waals surface area contributed by atoms with Crippen LogP contribution >= 0.6 is 57.8 Å². The summed E-state index contributed by atoms with van der Waals surface area (Å²) in [6.07, 6.45) is -0.741. The predicted molar refractivity (Wildman–Crippen MR) is 177 cm³/mol. The molecule has 1 unspecified atom stereocenters. The van der Waals surface area contributed by atoms with E-state index in [1.165, 1.54) is 35.5 Å². The van der Waals surface area contributed by atoms with E-state index >= 15 is 0 Å². The highest BCUT2D eigenvalue weighted by atomic mass is 35.5. The lowest BCUT2D eigenvalue weighted by Gasteiger charge is -2.49. The number of aliphatic imine (C=N–C) groups is 1. The number of nitrogen functional groups attached to an aromatic ring is 2. The Morgan fingerprint density at radius 3 is 2.29 bits per heavy atom. The van der Waals surface area contributed by atoms with Crippen LogP contribution in [-0.2, 0) is 19.1 Å². The summed E-state index contributed by atoms with van der Waals surface area (Å²) in [5, 5.41) is 10.5. The van der Waals surface area contributed by atoms with Crippen LogP contribution in [0.25, 0.3) is 0 Å². The minimum Gasteiger partial charge on any atom is -0.448 e. The van der Waals surface area contributed by atoms with Gasteiger partial charge in [0.1, 0.15) is 27.1 Å². The molecule has 1 saturated heterocycles. The lowest BCUT2D eigenvalue weighted by molar-refractivity contribution is -0.154. The quantitative estimate of drug-likeness (QED) is 0.131. The minimum absolute atomic E-state index is 0.0612. The van der Waals surface area contributed by atoms with Gasteiger partial charge in [0.05, 0.1) is 0 Å². The highest BCUT2D eigenvalue weighted by Crippen LogP contribution is 2.46. The first-order valence-corrected chi connectivity index (χ1v) is 17.1. The molecule has 12 nitrogen and oxygen atoms in total. The average molecular weight is 699 g/mol. The largest absolute Gasteiger partial charge is 0.448 e. The fraction of sp³-hybridized carbons (Fsp3) is 0.179. The van der Waals surface area contributed by atoms with Crippen LogP contribution in [0.3, 0.4) is 0 Å². The molecule has 0 radical (unpaired) electrons. The molecule has 2 amide bonds. The maximum atomic E-state index is 14.1. The highest BCUT2D eigenvalue weighted by Gasteiger charge is 2.55. The van der Waals surface area contributed by atoms with Gasteiger partial charge < -0.3 is 21.5 Å². The van der Waals surface area contributed by atoms with Gasteiger partial charge in [0, 0.05) is 17.7 Å². The van der Waals surface area contributed by atoms with Gasteiger partial charge in [-0.3, -0.25) is 19.5 Å². The van der Waals surface area contributed by atoms with Gasteiger partial charge in [0.2, 0.25) is 5.13 Å². The Kier molecular flexibility index (Phi) is 9.09. The number of esters is 1. The molecule has 6 rings (SSSR count).